The predicted octanol–water partition coefficient (Wildman–Crippen LogP) is 4.16. The van der Waals surface area contributed by atoms with Crippen LogP contribution in [0.5, 0.6) is 5.75 Å². The number of benzene rings is 3. The van der Waals surface area contributed by atoms with Gasteiger partial charge in [0, 0.05) is 32.2 Å². The van der Waals surface area contributed by atoms with Crippen LogP contribution >= 0.6 is 11.8 Å². The van der Waals surface area contributed by atoms with Gasteiger partial charge in [0.15, 0.2) is 5.17 Å². The maximum atomic E-state index is 12.6. The van der Waals surface area contributed by atoms with Crippen molar-refractivity contribution in [3.8, 4) is 5.75 Å². The monoisotopic (exact) mass is 550 g/mol. The van der Waals surface area contributed by atoms with Gasteiger partial charge in [0.2, 0.25) is 0 Å². The molecule has 0 N–H and O–H groups in total. The largest absolute Gasteiger partial charge is 0.379 e. The Kier molecular flexibility index (Phi) is 7.16. The third-order valence-corrected chi connectivity index (χ3v) is 8.30. The fourth-order valence-corrected chi connectivity index (χ4v) is 6.01. The van der Waals surface area contributed by atoms with Crippen molar-refractivity contribution in [2.75, 3.05) is 31.1 Å². The van der Waals surface area contributed by atoms with E-state index in [0.29, 0.717) is 47.5 Å². The number of para-hydroxylation sites is 2. The molecule has 2 aliphatic heterocycles. The van der Waals surface area contributed by atoms with Gasteiger partial charge < -0.3 is 14.0 Å². The number of nitrogens with zero attached hydrogens (tertiary/aromatic N) is 4. The van der Waals surface area contributed by atoms with E-state index in [1.807, 2.05) is 9.80 Å². The highest BCUT2D eigenvalue weighted by atomic mass is 32.2. The Hall–Kier alpha value is -4.16. The molecule has 1 amide bonds. The van der Waals surface area contributed by atoms with Crippen molar-refractivity contribution in [3.63, 3.8) is 0 Å². The Morgan fingerprint density at radius 2 is 1.53 bits per heavy atom. The first-order valence-corrected chi connectivity index (χ1v) is 13.9. The smallest absolute Gasteiger partial charge is 0.339 e. The third-order valence-electron chi connectivity index (χ3n) is 5.99. The van der Waals surface area contributed by atoms with Gasteiger partial charge in [-0.25, -0.2) is 0 Å². The lowest BCUT2D eigenvalue weighted by Crippen LogP contribution is -2.48. The molecular weight excluding hydrogens is 528 g/mol. The summed E-state index contributed by atoms with van der Waals surface area (Å²) in [6.45, 7) is 2.26. The van der Waals surface area contributed by atoms with Crippen LogP contribution in [0.2, 0.25) is 0 Å². The number of carbonyl (C=O) groups is 1. The van der Waals surface area contributed by atoms with Crippen molar-refractivity contribution in [2.45, 2.75) is 4.90 Å². The summed E-state index contributed by atoms with van der Waals surface area (Å²) in [6, 6.07) is 20.9. The van der Waals surface area contributed by atoms with Crippen molar-refractivity contribution in [1.82, 2.24) is 4.90 Å². The van der Waals surface area contributed by atoms with Gasteiger partial charge in [0.25, 0.3) is 11.6 Å². The van der Waals surface area contributed by atoms with Gasteiger partial charge in [-0.1, -0.05) is 42.5 Å². The fraction of sp³-hybridized carbons (Fsp3) is 0.154. The highest BCUT2D eigenvalue weighted by Gasteiger charge is 2.30. The molecule has 10 nitrogen and oxygen atoms in total. The Morgan fingerprint density at radius 3 is 2.21 bits per heavy atom. The number of hydrogen-bond donors (Lipinski definition) is 0. The van der Waals surface area contributed by atoms with E-state index in [1.54, 1.807) is 54.6 Å². The summed E-state index contributed by atoms with van der Waals surface area (Å²) in [5, 5.41) is 12.0. The molecule has 194 valence electrons. The van der Waals surface area contributed by atoms with Crippen molar-refractivity contribution >= 4 is 50.4 Å². The molecule has 5 rings (SSSR count). The van der Waals surface area contributed by atoms with Crippen LogP contribution in [0, 0.1) is 10.1 Å². The molecule has 0 radical (unpaired) electrons. The number of thioether (sulfide) groups is 1. The first-order valence-electron chi connectivity index (χ1n) is 11.7. The zero-order chi connectivity index (χ0) is 26.7. The number of amidine groups is 1. The lowest BCUT2D eigenvalue weighted by atomic mass is 10.2. The number of amides is 1. The molecule has 0 atom stereocenters. The number of nitro groups is 1. The Balaban J connectivity index is 1.20. The number of nitro benzene ring substituents is 1. The van der Waals surface area contributed by atoms with Crippen molar-refractivity contribution in [3.05, 3.63) is 99.4 Å². The standard InChI is InChI=1S/C26H22N4O6S2/c31-25-24(18-19-10-12-20(13-11-19)36-38(34,35)21-6-2-1-3-7-21)37-26(27-25)29-16-14-28(15-17-29)22-8-4-5-9-23(22)30(32)33/h1-13,18H,14-17H2/b24-18+. The lowest BCUT2D eigenvalue weighted by molar-refractivity contribution is -0.384. The minimum absolute atomic E-state index is 0.0617. The average molecular weight is 551 g/mol. The summed E-state index contributed by atoms with van der Waals surface area (Å²) < 4.78 is 30.0. The Bertz CT molecular complexity index is 1530. The third kappa shape index (κ3) is 5.55. The van der Waals surface area contributed by atoms with Crippen LogP contribution in [-0.2, 0) is 14.9 Å². The van der Waals surface area contributed by atoms with Crippen LogP contribution in [0.3, 0.4) is 0 Å². The van der Waals surface area contributed by atoms with Gasteiger partial charge >= 0.3 is 10.1 Å². The molecule has 1 fully saturated rings. The van der Waals surface area contributed by atoms with E-state index < -0.39 is 10.1 Å². The molecule has 12 heteroatoms. The first-order chi connectivity index (χ1) is 18.3. The number of anilines is 1. The van der Waals surface area contributed by atoms with Crippen molar-refractivity contribution in [2.24, 2.45) is 4.99 Å². The van der Waals surface area contributed by atoms with Gasteiger partial charge in [-0.05, 0) is 53.7 Å². The number of aliphatic imine (C=N–C) groups is 1. The molecule has 0 spiro atoms. The molecule has 3 aromatic rings. The maximum Gasteiger partial charge on any atom is 0.339 e. The van der Waals surface area contributed by atoms with Crippen molar-refractivity contribution < 1.29 is 22.3 Å². The summed E-state index contributed by atoms with van der Waals surface area (Å²) in [4.78, 5) is 32.2. The second-order valence-electron chi connectivity index (χ2n) is 8.45. The normalized spacial score (nSPS) is 17.0. The van der Waals surface area contributed by atoms with Gasteiger partial charge in [0.1, 0.15) is 16.3 Å². The van der Waals surface area contributed by atoms with Crippen LogP contribution in [-0.4, -0.2) is 55.5 Å². The van der Waals surface area contributed by atoms with E-state index >= 15 is 0 Å². The summed E-state index contributed by atoms with van der Waals surface area (Å²) in [5.74, 6) is -0.187. The number of piperazine rings is 1. The molecule has 3 aromatic carbocycles. The van der Waals surface area contributed by atoms with E-state index in [9.17, 15) is 23.3 Å². The molecular formula is C26H22N4O6S2. The zero-order valence-corrected chi connectivity index (χ0v) is 21.6. The number of hydrogen-bond acceptors (Lipinski definition) is 9. The van der Waals surface area contributed by atoms with E-state index in [2.05, 4.69) is 4.99 Å². The summed E-state index contributed by atoms with van der Waals surface area (Å²) in [6.07, 6.45) is 1.70. The average Bonchev–Trinajstić information content (AvgIpc) is 3.30. The number of rotatable bonds is 6. The fourth-order valence-electron chi connectivity index (χ4n) is 4.09. The SMILES string of the molecule is O=C1N=C(N2CCN(c3ccccc3[N+](=O)[O-])CC2)S/C1=C/c1ccc(OS(=O)(=O)c2ccccc2)cc1. The summed E-state index contributed by atoms with van der Waals surface area (Å²) >= 11 is 1.27. The maximum absolute atomic E-state index is 12.6. The van der Waals surface area contributed by atoms with Gasteiger partial charge in [-0.2, -0.15) is 13.4 Å². The molecule has 0 aromatic heterocycles. The molecule has 0 saturated carbocycles. The molecule has 0 bridgehead atoms. The summed E-state index contributed by atoms with van der Waals surface area (Å²) in [7, 11) is -3.94. The number of carbonyl (C=O) groups excluding carboxylic acids is 1. The quantitative estimate of drug-likeness (QED) is 0.193. The second kappa shape index (κ2) is 10.7. The van der Waals surface area contributed by atoms with Crippen LogP contribution in [0.4, 0.5) is 11.4 Å². The topological polar surface area (TPSA) is 122 Å². The van der Waals surface area contributed by atoms with E-state index in [1.165, 1.54) is 42.1 Å². The Labute approximate surface area is 223 Å². The van der Waals surface area contributed by atoms with E-state index in [4.69, 9.17) is 4.18 Å². The Morgan fingerprint density at radius 1 is 0.895 bits per heavy atom. The highest BCUT2D eigenvalue weighted by Crippen LogP contribution is 2.33. The van der Waals surface area contributed by atoms with Crippen LogP contribution in [0.15, 0.2) is 93.7 Å². The molecule has 0 aliphatic carbocycles. The molecule has 38 heavy (non-hydrogen) atoms. The van der Waals surface area contributed by atoms with Crippen LogP contribution < -0.4 is 9.08 Å². The second-order valence-corrected chi connectivity index (χ2v) is 11.0. The molecule has 2 aliphatic rings. The lowest BCUT2D eigenvalue weighted by Gasteiger charge is -2.36. The zero-order valence-electron chi connectivity index (χ0n) is 20.0. The minimum Gasteiger partial charge on any atom is -0.379 e. The van der Waals surface area contributed by atoms with Crippen molar-refractivity contribution in [1.29, 1.82) is 0 Å². The predicted molar refractivity (Wildman–Crippen MR) is 146 cm³/mol. The van der Waals surface area contributed by atoms with Crippen LogP contribution in [0.25, 0.3) is 6.08 Å². The minimum atomic E-state index is -3.94. The highest BCUT2D eigenvalue weighted by molar-refractivity contribution is 8.18. The summed E-state index contributed by atoms with van der Waals surface area (Å²) in [5.41, 5.74) is 1.35. The van der Waals surface area contributed by atoms with Gasteiger partial charge in [-0.15, -0.1) is 0 Å². The van der Waals surface area contributed by atoms with Gasteiger partial charge in [-0.3, -0.25) is 14.9 Å². The van der Waals surface area contributed by atoms with E-state index in [0.717, 1.165) is 0 Å². The van der Waals surface area contributed by atoms with E-state index in [-0.39, 0.29) is 27.2 Å². The molecule has 0 unspecified atom stereocenters. The van der Waals surface area contributed by atoms with Gasteiger partial charge in [0.05, 0.1) is 9.83 Å². The molecule has 2 heterocycles. The van der Waals surface area contributed by atoms with Crippen LogP contribution in [0.1, 0.15) is 5.56 Å². The molecule has 1 saturated heterocycles. The first kappa shape index (κ1) is 25.5.